The number of carboxylic acids is 1. The molecule has 0 aliphatic heterocycles. The van der Waals surface area contributed by atoms with Gasteiger partial charge in [-0.15, -0.1) is 11.8 Å². The molecule has 0 fully saturated rings. The highest BCUT2D eigenvalue weighted by Crippen LogP contribution is 2.30. The first-order valence-corrected chi connectivity index (χ1v) is 6.57. The summed E-state index contributed by atoms with van der Waals surface area (Å²) in [7, 11) is 0. The van der Waals surface area contributed by atoms with Gasteiger partial charge in [-0.05, 0) is 12.5 Å². The molecule has 0 aliphatic carbocycles. The number of aromatic carboxylic acids is 1. The van der Waals surface area contributed by atoms with Gasteiger partial charge in [0.2, 0.25) is 0 Å². The van der Waals surface area contributed by atoms with Crippen molar-refractivity contribution in [1.82, 2.24) is 4.98 Å². The van der Waals surface area contributed by atoms with Crippen LogP contribution < -0.4 is 0 Å². The number of carbonyl (C=O) groups is 1. The summed E-state index contributed by atoms with van der Waals surface area (Å²) in [5.74, 6) is -0.287. The number of fused-ring (bicyclic) bond motifs is 1. The highest BCUT2D eigenvalue weighted by molar-refractivity contribution is 7.99. The van der Waals surface area contributed by atoms with E-state index in [0.29, 0.717) is 12.2 Å². The standard InChI is InChI=1S/C13H13NO3S/c15-6-3-7-18-12-9-4-1-2-5-11(9)14-8-10(12)13(16)17/h1-2,4-5,8,15H,3,6-7H2,(H,16,17). The minimum atomic E-state index is -0.972. The predicted molar refractivity (Wildman–Crippen MR) is 71.1 cm³/mol. The van der Waals surface area contributed by atoms with Gasteiger partial charge in [-0.1, -0.05) is 18.2 Å². The zero-order valence-electron chi connectivity index (χ0n) is 9.67. The van der Waals surface area contributed by atoms with Gasteiger partial charge < -0.3 is 10.2 Å². The molecule has 0 saturated carbocycles. The van der Waals surface area contributed by atoms with Gasteiger partial charge in [-0.2, -0.15) is 0 Å². The Balaban J connectivity index is 2.48. The fourth-order valence-corrected chi connectivity index (χ4v) is 2.76. The number of aromatic nitrogens is 1. The van der Waals surface area contributed by atoms with E-state index < -0.39 is 5.97 Å². The Labute approximate surface area is 109 Å². The lowest BCUT2D eigenvalue weighted by Crippen LogP contribution is -2.01. The summed E-state index contributed by atoms with van der Waals surface area (Å²) in [6, 6.07) is 7.47. The van der Waals surface area contributed by atoms with Crippen molar-refractivity contribution in [2.45, 2.75) is 11.3 Å². The third-order valence-electron chi connectivity index (χ3n) is 2.51. The summed E-state index contributed by atoms with van der Waals surface area (Å²) in [4.78, 5) is 16.1. The summed E-state index contributed by atoms with van der Waals surface area (Å²) >= 11 is 1.45. The summed E-state index contributed by atoms with van der Waals surface area (Å²) in [5.41, 5.74) is 1.01. The maximum atomic E-state index is 11.2. The smallest absolute Gasteiger partial charge is 0.338 e. The molecule has 5 heteroatoms. The lowest BCUT2D eigenvalue weighted by Gasteiger charge is -2.08. The summed E-state index contributed by atoms with van der Waals surface area (Å²) in [6.45, 7) is 0.110. The van der Waals surface area contributed by atoms with Crippen LogP contribution in [0.3, 0.4) is 0 Å². The average Bonchev–Trinajstić information content (AvgIpc) is 2.38. The van der Waals surface area contributed by atoms with E-state index in [-0.39, 0.29) is 12.2 Å². The fourth-order valence-electron chi connectivity index (χ4n) is 1.66. The number of hydrogen-bond acceptors (Lipinski definition) is 4. The molecule has 1 aromatic heterocycles. The molecule has 2 N–H and O–H groups in total. The molecule has 1 aromatic carbocycles. The number of aliphatic hydroxyl groups excluding tert-OH is 1. The summed E-state index contributed by atoms with van der Waals surface area (Å²) in [6.07, 6.45) is 2.03. The van der Waals surface area contributed by atoms with Gasteiger partial charge in [-0.25, -0.2) is 4.79 Å². The number of nitrogens with zero attached hydrogens (tertiary/aromatic N) is 1. The van der Waals surface area contributed by atoms with E-state index in [4.69, 9.17) is 5.11 Å². The molecule has 2 rings (SSSR count). The molecule has 0 bridgehead atoms. The van der Waals surface area contributed by atoms with Crippen molar-refractivity contribution in [2.24, 2.45) is 0 Å². The summed E-state index contributed by atoms with van der Waals surface area (Å²) in [5, 5.41) is 18.8. The van der Waals surface area contributed by atoms with Crippen molar-refractivity contribution in [1.29, 1.82) is 0 Å². The molecular formula is C13H13NO3S. The molecule has 18 heavy (non-hydrogen) atoms. The quantitative estimate of drug-likeness (QED) is 0.640. The Morgan fingerprint density at radius 1 is 1.33 bits per heavy atom. The largest absolute Gasteiger partial charge is 0.478 e. The topological polar surface area (TPSA) is 70.4 Å². The van der Waals surface area contributed by atoms with Crippen LogP contribution in [0.2, 0.25) is 0 Å². The molecule has 0 saturated heterocycles. The minimum Gasteiger partial charge on any atom is -0.478 e. The van der Waals surface area contributed by atoms with Gasteiger partial charge in [0, 0.05) is 28.8 Å². The van der Waals surface area contributed by atoms with E-state index in [1.165, 1.54) is 18.0 Å². The van der Waals surface area contributed by atoms with Crippen LogP contribution >= 0.6 is 11.8 Å². The number of hydrogen-bond donors (Lipinski definition) is 2. The zero-order chi connectivity index (χ0) is 13.0. The fraction of sp³-hybridized carbons (Fsp3) is 0.231. The van der Waals surface area contributed by atoms with Crippen LogP contribution in [0.15, 0.2) is 35.4 Å². The second-order valence-electron chi connectivity index (χ2n) is 3.75. The second kappa shape index (κ2) is 5.84. The third-order valence-corrected chi connectivity index (χ3v) is 3.73. The molecule has 4 nitrogen and oxygen atoms in total. The number of para-hydroxylation sites is 1. The normalized spacial score (nSPS) is 10.7. The van der Waals surface area contributed by atoms with Crippen LogP contribution in [0.25, 0.3) is 10.9 Å². The van der Waals surface area contributed by atoms with E-state index in [0.717, 1.165) is 15.8 Å². The first-order valence-electron chi connectivity index (χ1n) is 5.58. The first-order chi connectivity index (χ1) is 8.74. The van der Waals surface area contributed by atoms with Gasteiger partial charge in [0.15, 0.2) is 0 Å². The zero-order valence-corrected chi connectivity index (χ0v) is 10.5. The number of thioether (sulfide) groups is 1. The van der Waals surface area contributed by atoms with E-state index >= 15 is 0 Å². The third kappa shape index (κ3) is 2.63. The molecule has 0 radical (unpaired) electrons. The van der Waals surface area contributed by atoms with Crippen LogP contribution in [0.1, 0.15) is 16.8 Å². The van der Waals surface area contributed by atoms with Crippen molar-refractivity contribution < 1.29 is 15.0 Å². The van der Waals surface area contributed by atoms with Gasteiger partial charge in [0.1, 0.15) is 0 Å². The maximum Gasteiger partial charge on any atom is 0.338 e. The first kappa shape index (κ1) is 12.9. The summed E-state index contributed by atoms with van der Waals surface area (Å²) < 4.78 is 0. The van der Waals surface area contributed by atoms with Crippen LogP contribution in [0.4, 0.5) is 0 Å². The van der Waals surface area contributed by atoms with Gasteiger partial charge in [0.25, 0.3) is 0 Å². The van der Waals surface area contributed by atoms with Crippen LogP contribution in [0.5, 0.6) is 0 Å². The second-order valence-corrected chi connectivity index (χ2v) is 4.85. The highest BCUT2D eigenvalue weighted by atomic mass is 32.2. The molecule has 0 unspecified atom stereocenters. The Morgan fingerprint density at radius 3 is 2.83 bits per heavy atom. The van der Waals surface area contributed by atoms with Crippen molar-refractivity contribution in [3.8, 4) is 0 Å². The van der Waals surface area contributed by atoms with E-state index in [9.17, 15) is 9.90 Å². The maximum absolute atomic E-state index is 11.2. The molecule has 94 valence electrons. The lowest BCUT2D eigenvalue weighted by molar-refractivity contribution is 0.0693. The van der Waals surface area contributed by atoms with Gasteiger partial charge in [0.05, 0.1) is 11.1 Å². The molecule has 2 aromatic rings. The van der Waals surface area contributed by atoms with Crippen molar-refractivity contribution in [2.75, 3.05) is 12.4 Å². The Kier molecular flexibility index (Phi) is 4.17. The number of pyridine rings is 1. The van der Waals surface area contributed by atoms with Crippen molar-refractivity contribution >= 4 is 28.6 Å². The molecule has 1 heterocycles. The van der Waals surface area contributed by atoms with Gasteiger partial charge in [-0.3, -0.25) is 4.98 Å². The van der Waals surface area contributed by atoms with Crippen LogP contribution in [0, 0.1) is 0 Å². The molecule has 0 atom stereocenters. The SMILES string of the molecule is O=C(O)c1cnc2ccccc2c1SCCCO. The Morgan fingerprint density at radius 2 is 2.11 bits per heavy atom. The predicted octanol–water partition coefficient (Wildman–Crippen LogP) is 2.41. The molecular weight excluding hydrogens is 250 g/mol. The number of benzene rings is 1. The average molecular weight is 263 g/mol. The van der Waals surface area contributed by atoms with E-state index in [2.05, 4.69) is 4.98 Å². The molecule has 0 aliphatic rings. The van der Waals surface area contributed by atoms with Crippen LogP contribution in [-0.4, -0.2) is 33.5 Å². The number of rotatable bonds is 5. The highest BCUT2D eigenvalue weighted by Gasteiger charge is 2.14. The van der Waals surface area contributed by atoms with Crippen LogP contribution in [-0.2, 0) is 0 Å². The Hall–Kier alpha value is -1.59. The lowest BCUT2D eigenvalue weighted by atomic mass is 10.1. The number of aliphatic hydroxyl groups is 1. The number of carboxylic acid groups (broad SMARTS) is 1. The Bertz CT molecular complexity index is 571. The molecule has 0 spiro atoms. The van der Waals surface area contributed by atoms with E-state index in [1.54, 1.807) is 0 Å². The monoisotopic (exact) mass is 263 g/mol. The van der Waals surface area contributed by atoms with Gasteiger partial charge >= 0.3 is 5.97 Å². The van der Waals surface area contributed by atoms with E-state index in [1.807, 2.05) is 24.3 Å². The minimum absolute atomic E-state index is 0.110. The van der Waals surface area contributed by atoms with Crippen molar-refractivity contribution in [3.05, 3.63) is 36.0 Å². The molecule has 0 amide bonds. The van der Waals surface area contributed by atoms with Crippen molar-refractivity contribution in [3.63, 3.8) is 0 Å².